The molecule has 0 spiro atoms. The standard InChI is InChI=1S/C13H17N5O2/c1-2-3-9-11(12(19)20)14-13-15-16-17-18(13)10-7-5-4-6-8-10/h4-8,11H,2-3,9H2,1H3,(H,19,20)(H,14,15,17). The van der Waals surface area contributed by atoms with Gasteiger partial charge in [0, 0.05) is 0 Å². The maximum atomic E-state index is 11.2. The van der Waals surface area contributed by atoms with Gasteiger partial charge in [0.15, 0.2) is 0 Å². The van der Waals surface area contributed by atoms with Crippen molar-refractivity contribution in [3.8, 4) is 5.69 Å². The number of carbonyl (C=O) groups is 1. The second kappa shape index (κ2) is 6.65. The van der Waals surface area contributed by atoms with Crippen molar-refractivity contribution in [2.45, 2.75) is 32.2 Å². The molecule has 0 saturated heterocycles. The Bertz CT molecular complexity index is 555. The first kappa shape index (κ1) is 14.0. The van der Waals surface area contributed by atoms with Crippen LogP contribution in [-0.4, -0.2) is 37.3 Å². The van der Waals surface area contributed by atoms with Crippen molar-refractivity contribution in [2.75, 3.05) is 5.32 Å². The Labute approximate surface area is 116 Å². The number of rotatable bonds is 7. The number of hydrogen-bond donors (Lipinski definition) is 2. The van der Waals surface area contributed by atoms with Crippen LogP contribution in [-0.2, 0) is 4.79 Å². The van der Waals surface area contributed by atoms with E-state index in [1.165, 1.54) is 4.68 Å². The maximum Gasteiger partial charge on any atom is 0.326 e. The number of carboxylic acids is 1. The molecule has 1 atom stereocenters. The number of para-hydroxylation sites is 1. The van der Waals surface area contributed by atoms with E-state index in [9.17, 15) is 9.90 Å². The number of aliphatic carboxylic acids is 1. The Morgan fingerprint density at radius 1 is 1.40 bits per heavy atom. The van der Waals surface area contributed by atoms with E-state index < -0.39 is 12.0 Å². The predicted molar refractivity (Wildman–Crippen MR) is 73.7 cm³/mol. The van der Waals surface area contributed by atoms with Gasteiger partial charge in [0.05, 0.1) is 5.69 Å². The number of nitrogens with one attached hydrogen (secondary N) is 1. The molecule has 0 aliphatic carbocycles. The first-order valence-electron chi connectivity index (χ1n) is 6.55. The Morgan fingerprint density at radius 3 is 2.80 bits per heavy atom. The summed E-state index contributed by atoms with van der Waals surface area (Å²) < 4.78 is 1.49. The Hall–Kier alpha value is -2.44. The second-order valence-corrected chi connectivity index (χ2v) is 4.43. The number of hydrogen-bond acceptors (Lipinski definition) is 5. The zero-order valence-electron chi connectivity index (χ0n) is 11.2. The summed E-state index contributed by atoms with van der Waals surface area (Å²) in [5.74, 6) is -0.569. The minimum atomic E-state index is -0.902. The van der Waals surface area contributed by atoms with Crippen LogP contribution in [0.5, 0.6) is 0 Å². The maximum absolute atomic E-state index is 11.2. The van der Waals surface area contributed by atoms with E-state index in [1.807, 2.05) is 37.3 Å². The van der Waals surface area contributed by atoms with Crippen LogP contribution in [0, 0.1) is 0 Å². The molecule has 1 unspecified atom stereocenters. The molecular formula is C13H17N5O2. The van der Waals surface area contributed by atoms with E-state index >= 15 is 0 Å². The molecule has 7 heteroatoms. The van der Waals surface area contributed by atoms with Crippen molar-refractivity contribution >= 4 is 11.9 Å². The second-order valence-electron chi connectivity index (χ2n) is 4.43. The van der Waals surface area contributed by atoms with Crippen LogP contribution in [0.4, 0.5) is 5.95 Å². The molecule has 2 rings (SSSR count). The third kappa shape index (κ3) is 3.31. The summed E-state index contributed by atoms with van der Waals surface area (Å²) in [4.78, 5) is 11.2. The summed E-state index contributed by atoms with van der Waals surface area (Å²) >= 11 is 0. The monoisotopic (exact) mass is 275 g/mol. The van der Waals surface area contributed by atoms with Crippen LogP contribution in [0.25, 0.3) is 5.69 Å². The fraction of sp³-hybridized carbons (Fsp3) is 0.385. The van der Waals surface area contributed by atoms with Crippen molar-refractivity contribution in [1.29, 1.82) is 0 Å². The lowest BCUT2D eigenvalue weighted by Crippen LogP contribution is -2.30. The zero-order chi connectivity index (χ0) is 14.4. The first-order chi connectivity index (χ1) is 9.72. The van der Waals surface area contributed by atoms with Gasteiger partial charge in [-0.05, 0) is 29.0 Å². The molecule has 0 radical (unpaired) electrons. The summed E-state index contributed by atoms with van der Waals surface area (Å²) in [5.41, 5.74) is 0.777. The fourth-order valence-corrected chi connectivity index (χ4v) is 1.84. The van der Waals surface area contributed by atoms with E-state index in [2.05, 4.69) is 20.8 Å². The molecular weight excluding hydrogens is 258 g/mol. The highest BCUT2D eigenvalue weighted by molar-refractivity contribution is 5.76. The lowest BCUT2D eigenvalue weighted by atomic mass is 10.1. The summed E-state index contributed by atoms with van der Waals surface area (Å²) in [6.45, 7) is 2.02. The molecule has 106 valence electrons. The zero-order valence-corrected chi connectivity index (χ0v) is 11.2. The number of nitrogens with zero attached hydrogens (tertiary/aromatic N) is 4. The lowest BCUT2D eigenvalue weighted by molar-refractivity contribution is -0.138. The van der Waals surface area contributed by atoms with E-state index in [0.29, 0.717) is 12.4 Å². The lowest BCUT2D eigenvalue weighted by Gasteiger charge is -2.14. The molecule has 20 heavy (non-hydrogen) atoms. The van der Waals surface area contributed by atoms with Crippen LogP contribution in [0.2, 0.25) is 0 Å². The molecule has 1 heterocycles. The average molecular weight is 275 g/mol. The molecule has 0 aliphatic rings. The highest BCUT2D eigenvalue weighted by Crippen LogP contribution is 2.13. The van der Waals surface area contributed by atoms with E-state index in [-0.39, 0.29) is 0 Å². The number of carboxylic acid groups (broad SMARTS) is 1. The molecule has 2 aromatic rings. The summed E-state index contributed by atoms with van der Waals surface area (Å²) in [6, 6.07) is 8.64. The Kier molecular flexibility index (Phi) is 4.65. The molecule has 0 aliphatic heterocycles. The molecule has 0 saturated carbocycles. The van der Waals surface area contributed by atoms with Crippen LogP contribution < -0.4 is 5.32 Å². The normalized spacial score (nSPS) is 12.1. The summed E-state index contributed by atoms with van der Waals surface area (Å²) in [6.07, 6.45) is 2.30. The molecule has 7 nitrogen and oxygen atoms in total. The van der Waals surface area contributed by atoms with Crippen molar-refractivity contribution in [2.24, 2.45) is 0 Å². The topological polar surface area (TPSA) is 92.9 Å². The Morgan fingerprint density at radius 2 is 2.15 bits per heavy atom. The van der Waals surface area contributed by atoms with Crippen LogP contribution in [0.15, 0.2) is 30.3 Å². The highest BCUT2D eigenvalue weighted by Gasteiger charge is 2.19. The molecule has 1 aromatic carbocycles. The van der Waals surface area contributed by atoms with Gasteiger partial charge in [0.1, 0.15) is 6.04 Å². The van der Waals surface area contributed by atoms with Gasteiger partial charge in [-0.1, -0.05) is 43.1 Å². The quantitative estimate of drug-likeness (QED) is 0.799. The molecule has 0 amide bonds. The minimum absolute atomic E-state index is 0.333. The van der Waals surface area contributed by atoms with E-state index in [0.717, 1.165) is 18.5 Å². The van der Waals surface area contributed by atoms with Gasteiger partial charge >= 0.3 is 5.97 Å². The molecule has 1 aromatic heterocycles. The average Bonchev–Trinajstić information content (AvgIpc) is 2.92. The molecule has 2 N–H and O–H groups in total. The van der Waals surface area contributed by atoms with Gasteiger partial charge < -0.3 is 10.4 Å². The highest BCUT2D eigenvalue weighted by atomic mass is 16.4. The largest absolute Gasteiger partial charge is 0.480 e. The minimum Gasteiger partial charge on any atom is -0.480 e. The van der Waals surface area contributed by atoms with Gasteiger partial charge in [-0.3, -0.25) is 0 Å². The third-order valence-corrected chi connectivity index (χ3v) is 2.92. The van der Waals surface area contributed by atoms with Crippen molar-refractivity contribution in [1.82, 2.24) is 20.2 Å². The van der Waals surface area contributed by atoms with Gasteiger partial charge in [-0.25, -0.2) is 4.79 Å². The number of unbranched alkanes of at least 4 members (excludes halogenated alkanes) is 1. The molecule has 0 bridgehead atoms. The number of benzene rings is 1. The van der Waals surface area contributed by atoms with E-state index in [4.69, 9.17) is 0 Å². The predicted octanol–water partition coefficient (Wildman–Crippen LogP) is 1.72. The van der Waals surface area contributed by atoms with Gasteiger partial charge in [0.25, 0.3) is 0 Å². The molecule has 0 fully saturated rings. The van der Waals surface area contributed by atoms with Crippen molar-refractivity contribution in [3.05, 3.63) is 30.3 Å². The third-order valence-electron chi connectivity index (χ3n) is 2.92. The SMILES string of the molecule is CCCCC(Nc1nnnn1-c1ccccc1)C(=O)O. The van der Waals surface area contributed by atoms with Gasteiger partial charge in [-0.2, -0.15) is 4.68 Å². The summed E-state index contributed by atoms with van der Waals surface area (Å²) in [5, 5.41) is 23.4. The van der Waals surface area contributed by atoms with Gasteiger partial charge in [0.2, 0.25) is 5.95 Å². The number of anilines is 1. The van der Waals surface area contributed by atoms with Crippen LogP contribution in [0.3, 0.4) is 0 Å². The van der Waals surface area contributed by atoms with E-state index in [1.54, 1.807) is 0 Å². The summed E-state index contributed by atoms with van der Waals surface area (Å²) in [7, 11) is 0. The fourth-order valence-electron chi connectivity index (χ4n) is 1.84. The van der Waals surface area contributed by atoms with Crippen molar-refractivity contribution < 1.29 is 9.90 Å². The van der Waals surface area contributed by atoms with Crippen molar-refractivity contribution in [3.63, 3.8) is 0 Å². The van der Waals surface area contributed by atoms with Gasteiger partial charge in [-0.15, -0.1) is 0 Å². The van der Waals surface area contributed by atoms with Crippen LogP contribution in [0.1, 0.15) is 26.2 Å². The smallest absolute Gasteiger partial charge is 0.326 e. The van der Waals surface area contributed by atoms with Crippen LogP contribution >= 0.6 is 0 Å². The Balaban J connectivity index is 2.17. The number of aromatic nitrogens is 4. The number of tetrazole rings is 1. The first-order valence-corrected chi connectivity index (χ1v) is 6.55.